The molecule has 5 heteroatoms. The number of furan rings is 1. The third kappa shape index (κ3) is 3.98. The van der Waals surface area contributed by atoms with Gasteiger partial charge in [-0.15, -0.1) is 0 Å². The predicted octanol–water partition coefficient (Wildman–Crippen LogP) is 2.54. The Balaban J connectivity index is 1.81. The maximum atomic E-state index is 11.6. The molecule has 2 aromatic rings. The van der Waals surface area contributed by atoms with E-state index in [4.69, 9.17) is 4.42 Å². The summed E-state index contributed by atoms with van der Waals surface area (Å²) < 4.78 is 5.17. The largest absolute Gasteiger partial charge is 0.463 e. The van der Waals surface area contributed by atoms with Crippen molar-refractivity contribution >= 4 is 17.3 Å². The standard InChI is InChI=1S/C15H17N3O2/c1-11-5-7-13(8-6-11)16-10-15(19)18-17-12(2)14-4-3-9-20-14/h3-9,16H,10H2,1-2H3,(H,18,19)/b17-12+. The van der Waals surface area contributed by atoms with Gasteiger partial charge in [0.2, 0.25) is 0 Å². The van der Waals surface area contributed by atoms with E-state index in [1.807, 2.05) is 31.2 Å². The van der Waals surface area contributed by atoms with Gasteiger partial charge in [-0.1, -0.05) is 17.7 Å². The monoisotopic (exact) mass is 271 g/mol. The molecule has 2 N–H and O–H groups in total. The minimum Gasteiger partial charge on any atom is -0.463 e. The average Bonchev–Trinajstić information content (AvgIpc) is 2.98. The van der Waals surface area contributed by atoms with Gasteiger partial charge in [0.15, 0.2) is 0 Å². The first-order valence-electron chi connectivity index (χ1n) is 6.32. The van der Waals surface area contributed by atoms with Crippen molar-refractivity contribution in [1.29, 1.82) is 0 Å². The van der Waals surface area contributed by atoms with Crippen molar-refractivity contribution in [3.05, 3.63) is 54.0 Å². The SMILES string of the molecule is C/C(=N\NC(=O)CNc1ccc(C)cc1)c1ccco1. The molecule has 1 amide bonds. The number of hydrogen-bond donors (Lipinski definition) is 2. The Labute approximate surface area is 117 Å². The number of anilines is 1. The van der Waals surface area contributed by atoms with E-state index in [1.165, 1.54) is 5.56 Å². The molecular formula is C15H17N3O2. The van der Waals surface area contributed by atoms with E-state index in [-0.39, 0.29) is 12.5 Å². The van der Waals surface area contributed by atoms with Gasteiger partial charge in [0.1, 0.15) is 11.5 Å². The van der Waals surface area contributed by atoms with Gasteiger partial charge in [-0.2, -0.15) is 5.10 Å². The molecule has 0 radical (unpaired) electrons. The van der Waals surface area contributed by atoms with Crippen LogP contribution in [0.25, 0.3) is 0 Å². The van der Waals surface area contributed by atoms with Crippen LogP contribution in [0.2, 0.25) is 0 Å². The van der Waals surface area contributed by atoms with Crippen LogP contribution in [-0.2, 0) is 4.79 Å². The Bertz CT molecular complexity index is 586. The highest BCUT2D eigenvalue weighted by molar-refractivity contribution is 5.96. The molecule has 0 saturated carbocycles. The Morgan fingerprint density at radius 3 is 2.65 bits per heavy atom. The Hall–Kier alpha value is -2.56. The maximum absolute atomic E-state index is 11.6. The fourth-order valence-electron chi connectivity index (χ4n) is 1.58. The van der Waals surface area contributed by atoms with E-state index in [0.717, 1.165) is 5.69 Å². The molecule has 20 heavy (non-hydrogen) atoms. The minimum atomic E-state index is -0.212. The lowest BCUT2D eigenvalue weighted by molar-refractivity contribution is -0.119. The number of rotatable bonds is 5. The van der Waals surface area contributed by atoms with Crippen LogP contribution in [-0.4, -0.2) is 18.2 Å². The number of carbonyl (C=O) groups excluding carboxylic acids is 1. The van der Waals surface area contributed by atoms with Crippen molar-refractivity contribution in [2.75, 3.05) is 11.9 Å². The summed E-state index contributed by atoms with van der Waals surface area (Å²) >= 11 is 0. The summed E-state index contributed by atoms with van der Waals surface area (Å²) in [6.45, 7) is 3.95. The molecule has 0 bridgehead atoms. The van der Waals surface area contributed by atoms with Crippen LogP contribution in [0, 0.1) is 6.92 Å². The van der Waals surface area contributed by atoms with Crippen LogP contribution < -0.4 is 10.7 Å². The molecule has 0 saturated heterocycles. The number of benzene rings is 1. The molecular weight excluding hydrogens is 254 g/mol. The maximum Gasteiger partial charge on any atom is 0.259 e. The predicted molar refractivity (Wildman–Crippen MR) is 78.7 cm³/mol. The molecule has 0 aliphatic carbocycles. The van der Waals surface area contributed by atoms with E-state index in [9.17, 15) is 4.79 Å². The van der Waals surface area contributed by atoms with Crippen LogP contribution in [0.15, 0.2) is 52.2 Å². The van der Waals surface area contributed by atoms with Crippen LogP contribution in [0.3, 0.4) is 0 Å². The Kier molecular flexibility index (Phi) is 4.55. The van der Waals surface area contributed by atoms with Crippen molar-refractivity contribution in [3.63, 3.8) is 0 Å². The van der Waals surface area contributed by atoms with E-state index < -0.39 is 0 Å². The second-order valence-electron chi connectivity index (χ2n) is 4.43. The number of aryl methyl sites for hydroxylation is 1. The van der Waals surface area contributed by atoms with Gasteiger partial charge in [0.05, 0.1) is 12.8 Å². The van der Waals surface area contributed by atoms with Crippen molar-refractivity contribution < 1.29 is 9.21 Å². The van der Waals surface area contributed by atoms with Crippen LogP contribution >= 0.6 is 0 Å². The van der Waals surface area contributed by atoms with Crippen molar-refractivity contribution in [1.82, 2.24) is 5.43 Å². The fourth-order valence-corrected chi connectivity index (χ4v) is 1.58. The second kappa shape index (κ2) is 6.56. The quantitative estimate of drug-likeness (QED) is 0.648. The second-order valence-corrected chi connectivity index (χ2v) is 4.43. The van der Waals surface area contributed by atoms with E-state index >= 15 is 0 Å². The molecule has 0 spiro atoms. The van der Waals surface area contributed by atoms with E-state index in [1.54, 1.807) is 25.3 Å². The summed E-state index contributed by atoms with van der Waals surface area (Å²) in [6.07, 6.45) is 1.56. The Morgan fingerprint density at radius 2 is 2.00 bits per heavy atom. The first kappa shape index (κ1) is 13.9. The highest BCUT2D eigenvalue weighted by Gasteiger charge is 2.02. The molecule has 0 unspecified atom stereocenters. The van der Waals surface area contributed by atoms with E-state index in [2.05, 4.69) is 15.8 Å². The van der Waals surface area contributed by atoms with Gasteiger partial charge in [-0.25, -0.2) is 5.43 Å². The number of nitrogens with one attached hydrogen (secondary N) is 2. The van der Waals surface area contributed by atoms with Crippen LogP contribution in [0.1, 0.15) is 18.2 Å². The summed E-state index contributed by atoms with van der Waals surface area (Å²) in [4.78, 5) is 11.6. The average molecular weight is 271 g/mol. The van der Waals surface area contributed by atoms with Gasteiger partial charge < -0.3 is 9.73 Å². The molecule has 0 atom stereocenters. The van der Waals surface area contributed by atoms with Gasteiger partial charge in [0.25, 0.3) is 5.91 Å². The summed E-state index contributed by atoms with van der Waals surface area (Å²) in [5.74, 6) is 0.424. The summed E-state index contributed by atoms with van der Waals surface area (Å²) in [6, 6.07) is 11.4. The number of nitrogens with zero attached hydrogens (tertiary/aromatic N) is 1. The molecule has 5 nitrogen and oxygen atoms in total. The lowest BCUT2D eigenvalue weighted by atomic mass is 10.2. The molecule has 0 aliphatic rings. The lowest BCUT2D eigenvalue weighted by Gasteiger charge is -2.05. The van der Waals surface area contributed by atoms with E-state index in [0.29, 0.717) is 11.5 Å². The smallest absolute Gasteiger partial charge is 0.259 e. The zero-order valence-electron chi connectivity index (χ0n) is 11.5. The molecule has 1 heterocycles. The van der Waals surface area contributed by atoms with Crippen molar-refractivity contribution in [2.45, 2.75) is 13.8 Å². The van der Waals surface area contributed by atoms with Crippen molar-refractivity contribution in [2.24, 2.45) is 5.10 Å². The number of carbonyl (C=O) groups is 1. The molecule has 1 aromatic heterocycles. The lowest BCUT2D eigenvalue weighted by Crippen LogP contribution is -2.26. The van der Waals surface area contributed by atoms with Gasteiger partial charge in [0, 0.05) is 5.69 Å². The zero-order valence-corrected chi connectivity index (χ0v) is 11.5. The molecule has 0 fully saturated rings. The van der Waals surface area contributed by atoms with Crippen LogP contribution in [0.5, 0.6) is 0 Å². The third-order valence-corrected chi connectivity index (χ3v) is 2.73. The number of hydrogen-bond acceptors (Lipinski definition) is 4. The number of hydrazone groups is 1. The highest BCUT2D eigenvalue weighted by Crippen LogP contribution is 2.07. The summed E-state index contributed by atoms with van der Waals surface area (Å²) in [5, 5.41) is 7.00. The van der Waals surface area contributed by atoms with Gasteiger partial charge in [-0.05, 0) is 38.1 Å². The molecule has 2 rings (SSSR count). The highest BCUT2D eigenvalue weighted by atomic mass is 16.3. The van der Waals surface area contributed by atoms with Crippen LogP contribution in [0.4, 0.5) is 5.69 Å². The zero-order chi connectivity index (χ0) is 14.4. The summed E-state index contributed by atoms with van der Waals surface area (Å²) in [5.41, 5.74) is 5.18. The molecule has 104 valence electrons. The Morgan fingerprint density at radius 1 is 1.25 bits per heavy atom. The molecule has 0 aliphatic heterocycles. The van der Waals surface area contributed by atoms with Gasteiger partial charge in [-0.3, -0.25) is 4.79 Å². The van der Waals surface area contributed by atoms with Crippen molar-refractivity contribution in [3.8, 4) is 0 Å². The first-order chi connectivity index (χ1) is 9.65. The third-order valence-electron chi connectivity index (χ3n) is 2.73. The van der Waals surface area contributed by atoms with Gasteiger partial charge >= 0.3 is 0 Å². The molecule has 1 aromatic carbocycles. The normalized spacial score (nSPS) is 11.2. The fraction of sp³-hybridized carbons (Fsp3) is 0.200. The topological polar surface area (TPSA) is 66.6 Å². The number of amides is 1. The minimum absolute atomic E-state index is 0.165. The first-order valence-corrected chi connectivity index (χ1v) is 6.32. The summed E-state index contributed by atoms with van der Waals surface area (Å²) in [7, 11) is 0.